The van der Waals surface area contributed by atoms with Crippen LogP contribution >= 0.6 is 35.4 Å². The summed E-state index contributed by atoms with van der Waals surface area (Å²) in [6.07, 6.45) is 3.16. The van der Waals surface area contributed by atoms with E-state index in [1.807, 2.05) is 12.1 Å². The highest BCUT2D eigenvalue weighted by molar-refractivity contribution is 7.80. The van der Waals surface area contributed by atoms with Gasteiger partial charge in [0.2, 0.25) is 0 Å². The lowest BCUT2D eigenvalue weighted by Crippen LogP contribution is -2.35. The summed E-state index contributed by atoms with van der Waals surface area (Å²) < 4.78 is 0. The number of fused-ring (bicyclic) bond motifs is 1. The Kier molecular flexibility index (Phi) is 5.80. The molecule has 0 spiro atoms. The maximum absolute atomic E-state index is 9.92. The highest BCUT2D eigenvalue weighted by Gasteiger charge is 2.27. The summed E-state index contributed by atoms with van der Waals surface area (Å²) in [6, 6.07) is 7.19. The molecule has 0 aliphatic carbocycles. The van der Waals surface area contributed by atoms with Crippen molar-refractivity contribution in [1.82, 2.24) is 4.90 Å². The third-order valence-electron chi connectivity index (χ3n) is 4.66. The van der Waals surface area contributed by atoms with Crippen molar-refractivity contribution < 1.29 is 15.3 Å². The molecule has 2 aromatic carbocycles. The Labute approximate surface area is 167 Å². The van der Waals surface area contributed by atoms with Crippen LogP contribution in [-0.4, -0.2) is 31.8 Å². The molecule has 3 rings (SSSR count). The van der Waals surface area contributed by atoms with Crippen LogP contribution in [0.15, 0.2) is 24.3 Å². The van der Waals surface area contributed by atoms with Gasteiger partial charge in [-0.05, 0) is 54.5 Å². The molecule has 0 amide bonds. The molecule has 4 nitrogen and oxygen atoms in total. The fourth-order valence-corrected chi connectivity index (χ4v) is 4.04. The fraction of sp³-hybridized carbons (Fsp3) is 0.316. The standard InChI is InChI=1S/C19H19Cl2NO3S/c20-16-13-8-9-22(10-14(13)17(21)19(25)18(16)24)15(26)3-1-2-11-4-6-12(23)7-5-11/h4-7,23-25H,1-3,8-10H2. The van der Waals surface area contributed by atoms with E-state index >= 15 is 0 Å². The second-order valence-electron chi connectivity index (χ2n) is 6.37. The van der Waals surface area contributed by atoms with Crippen molar-refractivity contribution >= 4 is 40.4 Å². The van der Waals surface area contributed by atoms with Gasteiger partial charge in [-0.15, -0.1) is 0 Å². The van der Waals surface area contributed by atoms with E-state index in [0.29, 0.717) is 19.5 Å². The van der Waals surface area contributed by atoms with E-state index in [9.17, 15) is 15.3 Å². The van der Waals surface area contributed by atoms with E-state index in [1.165, 1.54) is 0 Å². The van der Waals surface area contributed by atoms with E-state index in [2.05, 4.69) is 4.90 Å². The van der Waals surface area contributed by atoms with Crippen molar-refractivity contribution in [2.45, 2.75) is 32.2 Å². The molecule has 3 N–H and O–H groups in total. The predicted molar refractivity (Wildman–Crippen MR) is 108 cm³/mol. The topological polar surface area (TPSA) is 63.9 Å². The zero-order valence-electron chi connectivity index (χ0n) is 14.0. The third kappa shape index (κ3) is 3.85. The number of aromatic hydroxyl groups is 3. The van der Waals surface area contributed by atoms with E-state index in [-0.39, 0.29) is 27.3 Å². The minimum atomic E-state index is -0.379. The minimum Gasteiger partial charge on any atom is -0.508 e. The Morgan fingerprint density at radius 3 is 2.27 bits per heavy atom. The number of halogens is 2. The Balaban J connectivity index is 1.63. The lowest BCUT2D eigenvalue weighted by Gasteiger charge is -2.32. The van der Waals surface area contributed by atoms with Crippen molar-refractivity contribution in [3.63, 3.8) is 0 Å². The van der Waals surface area contributed by atoms with Crippen LogP contribution in [0.2, 0.25) is 10.0 Å². The van der Waals surface area contributed by atoms with Crippen LogP contribution in [0.25, 0.3) is 0 Å². The summed E-state index contributed by atoms with van der Waals surface area (Å²) in [5, 5.41) is 29.4. The van der Waals surface area contributed by atoms with Gasteiger partial charge < -0.3 is 20.2 Å². The smallest absolute Gasteiger partial charge is 0.178 e. The molecular weight excluding hydrogens is 393 g/mol. The molecule has 0 saturated carbocycles. The Bertz CT molecular complexity index is 840. The Morgan fingerprint density at radius 1 is 1.00 bits per heavy atom. The maximum Gasteiger partial charge on any atom is 0.178 e. The Hall–Kier alpha value is -1.69. The highest BCUT2D eigenvalue weighted by Crippen LogP contribution is 2.46. The SMILES string of the molecule is Oc1ccc(CCCC(=S)N2CCc3c(Cl)c(O)c(O)c(Cl)c3C2)cc1. The molecule has 1 aliphatic heterocycles. The van der Waals surface area contributed by atoms with Gasteiger partial charge in [-0.25, -0.2) is 0 Å². The quantitative estimate of drug-likeness (QED) is 0.497. The summed E-state index contributed by atoms with van der Waals surface area (Å²) in [5.41, 5.74) is 2.65. The number of aryl methyl sites for hydroxylation is 1. The van der Waals surface area contributed by atoms with Gasteiger partial charge in [-0.3, -0.25) is 0 Å². The van der Waals surface area contributed by atoms with Gasteiger partial charge >= 0.3 is 0 Å². The molecule has 0 atom stereocenters. The van der Waals surface area contributed by atoms with Gasteiger partial charge in [0, 0.05) is 13.1 Å². The van der Waals surface area contributed by atoms with Crippen LogP contribution in [-0.2, 0) is 19.4 Å². The second kappa shape index (κ2) is 7.91. The highest BCUT2D eigenvalue weighted by atomic mass is 35.5. The summed E-state index contributed by atoms with van der Waals surface area (Å²) in [5.74, 6) is -0.475. The van der Waals surface area contributed by atoms with Crippen LogP contribution in [0.5, 0.6) is 17.2 Å². The maximum atomic E-state index is 9.92. The number of hydrogen-bond donors (Lipinski definition) is 3. The fourth-order valence-electron chi connectivity index (χ4n) is 3.18. The van der Waals surface area contributed by atoms with E-state index in [1.54, 1.807) is 12.1 Å². The molecule has 0 unspecified atom stereocenters. The molecule has 1 heterocycles. The number of thiocarbonyl (C=S) groups is 1. The zero-order chi connectivity index (χ0) is 18.8. The summed E-state index contributed by atoms with van der Waals surface area (Å²) in [6.45, 7) is 1.17. The molecule has 138 valence electrons. The second-order valence-corrected chi connectivity index (χ2v) is 7.59. The summed E-state index contributed by atoms with van der Waals surface area (Å²) in [7, 11) is 0. The molecule has 1 aliphatic rings. The van der Waals surface area contributed by atoms with E-state index in [4.69, 9.17) is 35.4 Å². The first kappa shape index (κ1) is 19.1. The number of benzene rings is 2. The number of nitrogens with zero attached hydrogens (tertiary/aromatic N) is 1. The lowest BCUT2D eigenvalue weighted by atomic mass is 9.98. The van der Waals surface area contributed by atoms with Gasteiger partial charge in [0.1, 0.15) is 5.75 Å². The van der Waals surface area contributed by atoms with Gasteiger partial charge in [0.15, 0.2) is 11.5 Å². The molecule has 26 heavy (non-hydrogen) atoms. The number of phenolic OH excluding ortho intramolecular Hbond substituents is 3. The van der Waals surface area contributed by atoms with Crippen molar-refractivity contribution in [2.24, 2.45) is 0 Å². The largest absolute Gasteiger partial charge is 0.508 e. The molecule has 0 fully saturated rings. The number of rotatable bonds is 4. The average Bonchev–Trinajstić information content (AvgIpc) is 2.65. The molecule has 0 aromatic heterocycles. The first-order chi connectivity index (χ1) is 12.4. The normalized spacial score (nSPS) is 13.5. The summed E-state index contributed by atoms with van der Waals surface area (Å²) >= 11 is 17.9. The van der Waals surface area contributed by atoms with Crippen LogP contribution in [0, 0.1) is 0 Å². The van der Waals surface area contributed by atoms with Gasteiger partial charge in [0.25, 0.3) is 0 Å². The summed E-state index contributed by atoms with van der Waals surface area (Å²) in [4.78, 5) is 2.90. The monoisotopic (exact) mass is 411 g/mol. The van der Waals surface area contributed by atoms with Gasteiger partial charge in [-0.2, -0.15) is 0 Å². The van der Waals surface area contributed by atoms with Crippen LogP contribution < -0.4 is 0 Å². The van der Waals surface area contributed by atoms with Gasteiger partial charge in [-0.1, -0.05) is 47.6 Å². The molecule has 7 heteroatoms. The van der Waals surface area contributed by atoms with Crippen LogP contribution in [0.4, 0.5) is 0 Å². The number of phenols is 3. The van der Waals surface area contributed by atoms with Crippen molar-refractivity contribution in [3.05, 3.63) is 51.0 Å². The molecule has 0 saturated heterocycles. The molecule has 2 aromatic rings. The predicted octanol–water partition coefficient (Wildman–Crippen LogP) is 4.82. The molecule has 0 bridgehead atoms. The van der Waals surface area contributed by atoms with Crippen molar-refractivity contribution in [3.8, 4) is 17.2 Å². The van der Waals surface area contributed by atoms with Crippen molar-refractivity contribution in [2.75, 3.05) is 6.54 Å². The Morgan fingerprint density at radius 2 is 1.62 bits per heavy atom. The van der Waals surface area contributed by atoms with E-state index < -0.39 is 0 Å². The lowest BCUT2D eigenvalue weighted by molar-refractivity contribution is 0.378. The average molecular weight is 412 g/mol. The van der Waals surface area contributed by atoms with Crippen LogP contribution in [0.1, 0.15) is 29.5 Å². The zero-order valence-corrected chi connectivity index (χ0v) is 16.3. The first-order valence-corrected chi connectivity index (χ1v) is 9.51. The van der Waals surface area contributed by atoms with Crippen molar-refractivity contribution in [1.29, 1.82) is 0 Å². The number of hydrogen-bond acceptors (Lipinski definition) is 4. The molecular formula is C19H19Cl2NO3S. The third-order valence-corrected chi connectivity index (χ3v) is 5.94. The van der Waals surface area contributed by atoms with Gasteiger partial charge in [0.05, 0.1) is 15.0 Å². The van der Waals surface area contributed by atoms with E-state index in [0.717, 1.165) is 40.9 Å². The van der Waals surface area contributed by atoms with Crippen LogP contribution in [0.3, 0.4) is 0 Å². The molecule has 0 radical (unpaired) electrons. The first-order valence-electron chi connectivity index (χ1n) is 8.34. The minimum absolute atomic E-state index is 0.137.